The first-order valence-electron chi connectivity index (χ1n) is 4.86. The molecule has 0 saturated heterocycles. The van der Waals surface area contributed by atoms with Gasteiger partial charge in [0.15, 0.2) is 0 Å². The van der Waals surface area contributed by atoms with Gasteiger partial charge in [-0.3, -0.25) is 0 Å². The Balaban J connectivity index is 2.31. The maximum atomic E-state index is 9.21. The summed E-state index contributed by atoms with van der Waals surface area (Å²) in [4.78, 5) is 0. The van der Waals surface area contributed by atoms with Gasteiger partial charge in [0.05, 0.1) is 6.10 Å². The van der Waals surface area contributed by atoms with E-state index in [1.165, 1.54) is 5.69 Å². The van der Waals surface area contributed by atoms with E-state index in [9.17, 15) is 5.11 Å². The maximum Gasteiger partial charge on any atom is 0.0799 e. The molecule has 1 aromatic heterocycles. The summed E-state index contributed by atoms with van der Waals surface area (Å²) < 4.78 is 2.17. The molecule has 0 aliphatic rings. The van der Waals surface area contributed by atoms with E-state index in [0.717, 1.165) is 13.1 Å². The summed E-state index contributed by atoms with van der Waals surface area (Å²) >= 11 is 5.48. The number of aliphatic hydroxyl groups excluding tert-OH is 1. The Bertz CT molecular complexity index is 262. The average Bonchev–Trinajstić information content (AvgIpc) is 2.65. The third-order valence-corrected chi connectivity index (χ3v) is 2.48. The summed E-state index contributed by atoms with van der Waals surface area (Å²) in [6.07, 6.45) is 1.59. The van der Waals surface area contributed by atoms with E-state index in [-0.39, 0.29) is 5.88 Å². The molecule has 0 aliphatic heterocycles. The smallest absolute Gasteiger partial charge is 0.0799 e. The van der Waals surface area contributed by atoms with Gasteiger partial charge < -0.3 is 15.0 Å². The van der Waals surface area contributed by atoms with Crippen molar-refractivity contribution in [1.82, 2.24) is 9.88 Å². The predicted molar refractivity (Wildman–Crippen MR) is 58.5 cm³/mol. The van der Waals surface area contributed by atoms with Crippen molar-refractivity contribution < 1.29 is 5.11 Å². The Morgan fingerprint density at radius 2 is 2.43 bits per heavy atom. The highest BCUT2D eigenvalue weighted by Crippen LogP contribution is 2.01. The molecule has 0 saturated carbocycles. The summed E-state index contributed by atoms with van der Waals surface area (Å²) in [6.45, 7) is 4.40. The standard InChI is InChI=1S/C10H17ClN2O/c1-2-13-5-3-4-9(13)7-12-8-10(14)6-11/h3-5,10,12,14H,2,6-8H2,1H3. The molecule has 0 radical (unpaired) electrons. The van der Waals surface area contributed by atoms with Crippen LogP contribution in [0, 0.1) is 0 Å². The van der Waals surface area contributed by atoms with Gasteiger partial charge in [-0.2, -0.15) is 0 Å². The summed E-state index contributed by atoms with van der Waals surface area (Å²) in [5.74, 6) is 0.280. The summed E-state index contributed by atoms with van der Waals surface area (Å²) in [5.41, 5.74) is 1.23. The minimum Gasteiger partial charge on any atom is -0.391 e. The van der Waals surface area contributed by atoms with Gasteiger partial charge in [-0.1, -0.05) is 0 Å². The van der Waals surface area contributed by atoms with Crippen LogP contribution in [0.15, 0.2) is 18.3 Å². The highest BCUT2D eigenvalue weighted by atomic mass is 35.5. The molecule has 1 rings (SSSR count). The van der Waals surface area contributed by atoms with Gasteiger partial charge in [-0.15, -0.1) is 11.6 Å². The lowest BCUT2D eigenvalue weighted by Crippen LogP contribution is -2.28. The number of alkyl halides is 1. The quantitative estimate of drug-likeness (QED) is 0.702. The Hall–Kier alpha value is -0.510. The van der Waals surface area contributed by atoms with Crippen molar-refractivity contribution in [2.45, 2.75) is 26.1 Å². The van der Waals surface area contributed by atoms with E-state index in [1.807, 2.05) is 6.07 Å². The molecule has 14 heavy (non-hydrogen) atoms. The monoisotopic (exact) mass is 216 g/mol. The second-order valence-electron chi connectivity index (χ2n) is 3.22. The van der Waals surface area contributed by atoms with Gasteiger partial charge in [0.2, 0.25) is 0 Å². The van der Waals surface area contributed by atoms with Gasteiger partial charge in [0.1, 0.15) is 0 Å². The number of nitrogens with zero attached hydrogens (tertiary/aromatic N) is 1. The molecule has 2 N–H and O–H groups in total. The lowest BCUT2D eigenvalue weighted by molar-refractivity contribution is 0.194. The van der Waals surface area contributed by atoms with E-state index < -0.39 is 6.10 Å². The molecule has 80 valence electrons. The second-order valence-corrected chi connectivity index (χ2v) is 3.53. The zero-order valence-corrected chi connectivity index (χ0v) is 9.17. The fraction of sp³-hybridized carbons (Fsp3) is 0.600. The topological polar surface area (TPSA) is 37.2 Å². The fourth-order valence-corrected chi connectivity index (χ4v) is 1.45. The SMILES string of the molecule is CCn1cccc1CNCC(O)CCl. The average molecular weight is 217 g/mol. The van der Waals surface area contributed by atoms with Crippen molar-refractivity contribution in [3.05, 3.63) is 24.0 Å². The lowest BCUT2D eigenvalue weighted by atomic mass is 10.3. The Morgan fingerprint density at radius 3 is 3.07 bits per heavy atom. The van der Waals surface area contributed by atoms with Gasteiger partial charge in [-0.25, -0.2) is 0 Å². The van der Waals surface area contributed by atoms with Gasteiger partial charge in [0.25, 0.3) is 0 Å². The van der Waals surface area contributed by atoms with Crippen molar-refractivity contribution in [1.29, 1.82) is 0 Å². The van der Waals surface area contributed by atoms with E-state index in [0.29, 0.717) is 6.54 Å². The first-order valence-corrected chi connectivity index (χ1v) is 5.40. The number of halogens is 1. The van der Waals surface area contributed by atoms with E-state index in [2.05, 4.69) is 29.1 Å². The number of aryl methyl sites for hydroxylation is 1. The van der Waals surface area contributed by atoms with Crippen molar-refractivity contribution in [2.24, 2.45) is 0 Å². The van der Waals surface area contributed by atoms with Crippen LogP contribution in [0.4, 0.5) is 0 Å². The van der Waals surface area contributed by atoms with Crippen LogP contribution in [0.2, 0.25) is 0 Å². The zero-order valence-electron chi connectivity index (χ0n) is 8.41. The highest BCUT2D eigenvalue weighted by Gasteiger charge is 2.02. The molecule has 1 heterocycles. The van der Waals surface area contributed by atoms with Crippen LogP contribution in [0.1, 0.15) is 12.6 Å². The summed E-state index contributed by atoms with van der Waals surface area (Å²) in [5, 5.41) is 12.4. The van der Waals surface area contributed by atoms with E-state index >= 15 is 0 Å². The number of hydrogen-bond donors (Lipinski definition) is 2. The Kier molecular flexibility index (Phi) is 5.01. The van der Waals surface area contributed by atoms with Crippen molar-refractivity contribution >= 4 is 11.6 Å². The number of rotatable bonds is 6. The van der Waals surface area contributed by atoms with Crippen LogP contribution in [0.25, 0.3) is 0 Å². The van der Waals surface area contributed by atoms with E-state index in [4.69, 9.17) is 11.6 Å². The van der Waals surface area contributed by atoms with Crippen LogP contribution in [0.5, 0.6) is 0 Å². The predicted octanol–water partition coefficient (Wildman–Crippen LogP) is 1.20. The molecule has 0 fully saturated rings. The largest absolute Gasteiger partial charge is 0.391 e. The summed E-state index contributed by atoms with van der Waals surface area (Å²) in [6, 6.07) is 4.10. The minimum atomic E-state index is -0.457. The normalized spacial score (nSPS) is 13.1. The van der Waals surface area contributed by atoms with E-state index in [1.54, 1.807) is 0 Å². The van der Waals surface area contributed by atoms with Crippen molar-refractivity contribution in [3.63, 3.8) is 0 Å². The highest BCUT2D eigenvalue weighted by molar-refractivity contribution is 6.18. The van der Waals surface area contributed by atoms with Crippen LogP contribution < -0.4 is 5.32 Å². The first-order chi connectivity index (χ1) is 6.77. The number of aliphatic hydroxyl groups is 1. The van der Waals surface area contributed by atoms with Crippen molar-refractivity contribution in [2.75, 3.05) is 12.4 Å². The molecule has 0 bridgehead atoms. The molecule has 4 heteroatoms. The van der Waals surface area contributed by atoms with Crippen LogP contribution in [-0.4, -0.2) is 28.2 Å². The molecule has 1 aromatic rings. The summed E-state index contributed by atoms with van der Waals surface area (Å²) in [7, 11) is 0. The molecular weight excluding hydrogens is 200 g/mol. The van der Waals surface area contributed by atoms with Crippen LogP contribution in [-0.2, 0) is 13.1 Å². The molecule has 1 unspecified atom stereocenters. The molecule has 0 aromatic carbocycles. The molecule has 3 nitrogen and oxygen atoms in total. The third-order valence-electron chi connectivity index (χ3n) is 2.13. The first kappa shape index (κ1) is 11.6. The second kappa shape index (κ2) is 6.06. The van der Waals surface area contributed by atoms with Gasteiger partial charge in [0, 0.05) is 37.4 Å². The Labute approximate surface area is 89.7 Å². The Morgan fingerprint density at radius 1 is 1.64 bits per heavy atom. The van der Waals surface area contributed by atoms with Crippen LogP contribution >= 0.6 is 11.6 Å². The number of aromatic nitrogens is 1. The molecule has 0 amide bonds. The molecular formula is C10H17ClN2O. The van der Waals surface area contributed by atoms with Gasteiger partial charge >= 0.3 is 0 Å². The number of hydrogen-bond acceptors (Lipinski definition) is 2. The maximum absolute atomic E-state index is 9.21. The lowest BCUT2D eigenvalue weighted by Gasteiger charge is -2.10. The molecule has 0 spiro atoms. The fourth-order valence-electron chi connectivity index (χ4n) is 1.34. The van der Waals surface area contributed by atoms with Crippen molar-refractivity contribution in [3.8, 4) is 0 Å². The number of nitrogens with one attached hydrogen (secondary N) is 1. The zero-order chi connectivity index (χ0) is 10.4. The molecule has 0 aliphatic carbocycles. The molecule has 1 atom stereocenters. The van der Waals surface area contributed by atoms with Gasteiger partial charge in [-0.05, 0) is 19.1 Å². The van der Waals surface area contributed by atoms with Crippen LogP contribution in [0.3, 0.4) is 0 Å². The third kappa shape index (κ3) is 3.33. The minimum absolute atomic E-state index is 0.280.